The van der Waals surface area contributed by atoms with Gasteiger partial charge in [-0.15, -0.1) is 0 Å². The Labute approximate surface area is 121 Å². The lowest BCUT2D eigenvalue weighted by molar-refractivity contribution is -0.126. The summed E-state index contributed by atoms with van der Waals surface area (Å²) in [4.78, 5) is 14.4. The van der Waals surface area contributed by atoms with Crippen LogP contribution in [0.3, 0.4) is 0 Å². The zero-order valence-electron chi connectivity index (χ0n) is 12.4. The highest BCUT2D eigenvalue weighted by Crippen LogP contribution is 2.16. The molecular weight excluding hydrogens is 252 g/mol. The molecule has 1 fully saturated rings. The van der Waals surface area contributed by atoms with Crippen molar-refractivity contribution >= 4 is 5.91 Å². The van der Waals surface area contributed by atoms with Crippen LogP contribution in [0, 0.1) is 5.92 Å². The maximum absolute atomic E-state index is 12.1. The van der Waals surface area contributed by atoms with E-state index in [0.29, 0.717) is 13.2 Å². The van der Waals surface area contributed by atoms with Crippen molar-refractivity contribution in [1.82, 2.24) is 10.2 Å². The molecule has 1 aliphatic heterocycles. The molecule has 4 heteroatoms. The van der Waals surface area contributed by atoms with Crippen molar-refractivity contribution in [2.75, 3.05) is 26.7 Å². The van der Waals surface area contributed by atoms with Crippen molar-refractivity contribution in [3.05, 3.63) is 29.8 Å². The summed E-state index contributed by atoms with van der Waals surface area (Å²) in [6.45, 7) is 5.20. The van der Waals surface area contributed by atoms with Crippen LogP contribution in [0.4, 0.5) is 0 Å². The Morgan fingerprint density at radius 1 is 1.40 bits per heavy atom. The standard InChI is InChI=1S/C16H24N2O2/c1-3-20-15-8-6-13(7-9-15)11-17-16(19)14-5-4-10-18(2)12-14/h6-9,14H,3-5,10-12H2,1-2H3,(H,17,19)/t14-/m0/s1. The summed E-state index contributed by atoms with van der Waals surface area (Å²) in [7, 11) is 2.08. The van der Waals surface area contributed by atoms with Crippen LogP contribution < -0.4 is 10.1 Å². The monoisotopic (exact) mass is 276 g/mol. The summed E-state index contributed by atoms with van der Waals surface area (Å²) in [6, 6.07) is 7.88. The number of carbonyl (C=O) groups is 1. The highest BCUT2D eigenvalue weighted by Gasteiger charge is 2.23. The number of amides is 1. The molecule has 0 aliphatic carbocycles. The van der Waals surface area contributed by atoms with E-state index in [0.717, 1.165) is 37.2 Å². The minimum absolute atomic E-state index is 0.136. The van der Waals surface area contributed by atoms with Gasteiger partial charge in [-0.05, 0) is 51.1 Å². The third kappa shape index (κ3) is 4.23. The van der Waals surface area contributed by atoms with Crippen LogP contribution in [0.5, 0.6) is 5.75 Å². The van der Waals surface area contributed by atoms with E-state index in [-0.39, 0.29) is 11.8 Å². The van der Waals surface area contributed by atoms with Gasteiger partial charge in [-0.1, -0.05) is 12.1 Å². The Morgan fingerprint density at radius 2 is 2.15 bits per heavy atom. The molecule has 0 aromatic heterocycles. The Balaban J connectivity index is 1.80. The number of ether oxygens (including phenoxy) is 1. The lowest BCUT2D eigenvalue weighted by Gasteiger charge is -2.28. The normalized spacial score (nSPS) is 19.6. The van der Waals surface area contributed by atoms with Gasteiger partial charge in [-0.2, -0.15) is 0 Å². The minimum Gasteiger partial charge on any atom is -0.494 e. The van der Waals surface area contributed by atoms with E-state index >= 15 is 0 Å². The molecule has 20 heavy (non-hydrogen) atoms. The van der Waals surface area contributed by atoms with Gasteiger partial charge in [0, 0.05) is 13.1 Å². The number of piperidine rings is 1. The van der Waals surface area contributed by atoms with Crippen LogP contribution in [0.1, 0.15) is 25.3 Å². The van der Waals surface area contributed by atoms with E-state index < -0.39 is 0 Å². The lowest BCUT2D eigenvalue weighted by Crippen LogP contribution is -2.41. The smallest absolute Gasteiger partial charge is 0.224 e. The molecule has 2 rings (SSSR count). The summed E-state index contributed by atoms with van der Waals surface area (Å²) in [5.74, 6) is 1.18. The molecule has 1 N–H and O–H groups in total. The molecule has 110 valence electrons. The van der Waals surface area contributed by atoms with Crippen LogP contribution in [0.25, 0.3) is 0 Å². The van der Waals surface area contributed by atoms with Crippen molar-refractivity contribution in [3.63, 3.8) is 0 Å². The van der Waals surface area contributed by atoms with E-state index in [1.807, 2.05) is 31.2 Å². The molecule has 1 saturated heterocycles. The average Bonchev–Trinajstić information content (AvgIpc) is 2.46. The second-order valence-corrected chi connectivity index (χ2v) is 5.40. The van der Waals surface area contributed by atoms with Gasteiger partial charge in [0.1, 0.15) is 5.75 Å². The molecule has 1 heterocycles. The summed E-state index contributed by atoms with van der Waals surface area (Å²) in [6.07, 6.45) is 2.11. The van der Waals surface area contributed by atoms with Crippen molar-refractivity contribution in [2.45, 2.75) is 26.3 Å². The maximum atomic E-state index is 12.1. The molecule has 0 bridgehead atoms. The Morgan fingerprint density at radius 3 is 2.80 bits per heavy atom. The van der Waals surface area contributed by atoms with Gasteiger partial charge in [0.2, 0.25) is 5.91 Å². The van der Waals surface area contributed by atoms with Crippen LogP contribution in [0.15, 0.2) is 24.3 Å². The predicted octanol–water partition coefficient (Wildman–Crippen LogP) is 2.04. The zero-order valence-corrected chi connectivity index (χ0v) is 12.4. The fourth-order valence-electron chi connectivity index (χ4n) is 2.58. The minimum atomic E-state index is 0.136. The average molecular weight is 276 g/mol. The fraction of sp³-hybridized carbons (Fsp3) is 0.562. The first kappa shape index (κ1) is 14.9. The van der Waals surface area contributed by atoms with E-state index in [2.05, 4.69) is 17.3 Å². The van der Waals surface area contributed by atoms with Crippen LogP contribution in [0.2, 0.25) is 0 Å². The molecule has 1 atom stereocenters. The summed E-state index contributed by atoms with van der Waals surface area (Å²) < 4.78 is 5.40. The highest BCUT2D eigenvalue weighted by atomic mass is 16.5. The summed E-state index contributed by atoms with van der Waals surface area (Å²) in [5, 5.41) is 3.03. The first-order chi connectivity index (χ1) is 9.69. The molecule has 4 nitrogen and oxygen atoms in total. The van der Waals surface area contributed by atoms with Crippen molar-refractivity contribution in [3.8, 4) is 5.75 Å². The van der Waals surface area contributed by atoms with Crippen molar-refractivity contribution < 1.29 is 9.53 Å². The highest BCUT2D eigenvalue weighted by molar-refractivity contribution is 5.78. The first-order valence-electron chi connectivity index (χ1n) is 7.37. The number of likely N-dealkylation sites (tertiary alicyclic amines) is 1. The van der Waals surface area contributed by atoms with Crippen LogP contribution in [-0.2, 0) is 11.3 Å². The first-order valence-corrected chi connectivity index (χ1v) is 7.37. The molecule has 0 unspecified atom stereocenters. The maximum Gasteiger partial charge on any atom is 0.224 e. The van der Waals surface area contributed by atoms with Crippen LogP contribution in [-0.4, -0.2) is 37.6 Å². The summed E-state index contributed by atoms with van der Waals surface area (Å²) >= 11 is 0. The predicted molar refractivity (Wildman–Crippen MR) is 79.7 cm³/mol. The third-order valence-electron chi connectivity index (χ3n) is 3.70. The lowest BCUT2D eigenvalue weighted by atomic mass is 9.97. The molecule has 1 aliphatic rings. The molecular formula is C16H24N2O2. The SMILES string of the molecule is CCOc1ccc(CNC(=O)[C@H]2CCCN(C)C2)cc1. The van der Waals surface area contributed by atoms with Crippen LogP contribution >= 0.6 is 0 Å². The number of benzene rings is 1. The molecule has 1 aromatic rings. The van der Waals surface area contributed by atoms with Gasteiger partial charge in [-0.3, -0.25) is 4.79 Å². The van der Waals surface area contributed by atoms with E-state index in [9.17, 15) is 4.79 Å². The van der Waals surface area contributed by atoms with E-state index in [1.165, 1.54) is 0 Å². The fourth-order valence-corrected chi connectivity index (χ4v) is 2.58. The summed E-state index contributed by atoms with van der Waals surface area (Å²) in [5.41, 5.74) is 1.10. The number of nitrogens with one attached hydrogen (secondary N) is 1. The number of carbonyl (C=O) groups excluding carboxylic acids is 1. The van der Waals surface area contributed by atoms with Gasteiger partial charge in [0.25, 0.3) is 0 Å². The van der Waals surface area contributed by atoms with E-state index in [1.54, 1.807) is 0 Å². The third-order valence-corrected chi connectivity index (χ3v) is 3.70. The van der Waals surface area contributed by atoms with Gasteiger partial charge < -0.3 is 15.0 Å². The molecule has 0 saturated carbocycles. The van der Waals surface area contributed by atoms with Gasteiger partial charge >= 0.3 is 0 Å². The molecule has 0 spiro atoms. The Kier molecular flexibility index (Phi) is 5.41. The number of rotatable bonds is 5. The molecule has 1 amide bonds. The number of hydrogen-bond donors (Lipinski definition) is 1. The quantitative estimate of drug-likeness (QED) is 0.895. The van der Waals surface area contributed by atoms with Crippen molar-refractivity contribution in [2.24, 2.45) is 5.92 Å². The zero-order chi connectivity index (χ0) is 14.4. The van der Waals surface area contributed by atoms with Gasteiger partial charge in [0.05, 0.1) is 12.5 Å². The van der Waals surface area contributed by atoms with E-state index in [4.69, 9.17) is 4.74 Å². The topological polar surface area (TPSA) is 41.6 Å². The Bertz CT molecular complexity index is 431. The second-order valence-electron chi connectivity index (χ2n) is 5.40. The van der Waals surface area contributed by atoms with Gasteiger partial charge in [0.15, 0.2) is 0 Å². The molecule has 1 aromatic carbocycles. The van der Waals surface area contributed by atoms with Crippen molar-refractivity contribution in [1.29, 1.82) is 0 Å². The Hall–Kier alpha value is -1.55. The van der Waals surface area contributed by atoms with Gasteiger partial charge in [-0.25, -0.2) is 0 Å². The number of hydrogen-bond acceptors (Lipinski definition) is 3. The largest absolute Gasteiger partial charge is 0.494 e. The second kappa shape index (κ2) is 7.29. The molecule has 0 radical (unpaired) electrons. The number of nitrogens with zero attached hydrogens (tertiary/aromatic N) is 1.